The van der Waals surface area contributed by atoms with Gasteiger partial charge in [-0.25, -0.2) is 9.13 Å². The standard InChI is InChI=1S/2C35H37Cl2N2O2.2ClH.3H2O/c2*1-26(2)41-31-11-6-8-27(22-31)23-34(40)39-18-7-16-35(25-39,30-12-13-32(36)33(37)24-30)17-21-38-19-14-29(15-20-38)28-9-4-3-5-10-28;;;;;/h2*3-6,8-15,19-20,22,24,26H,7,16-18,21,23,25H2,1-2H3;2*1H;3*1H2/q2*+1;;;;;/p-2. The van der Waals surface area contributed by atoms with Crippen LogP contribution in [0, 0.1) is 0 Å². The molecule has 0 aliphatic carbocycles. The van der Waals surface area contributed by atoms with E-state index in [0.29, 0.717) is 46.0 Å². The number of pyridine rings is 2. The van der Waals surface area contributed by atoms with Crippen LogP contribution in [0.25, 0.3) is 22.3 Å². The summed E-state index contributed by atoms with van der Waals surface area (Å²) in [7, 11) is 0. The van der Waals surface area contributed by atoms with Gasteiger partial charge in [0.1, 0.15) is 24.6 Å². The maximum atomic E-state index is 13.6. The van der Waals surface area contributed by atoms with Gasteiger partial charge in [0.2, 0.25) is 11.8 Å². The molecule has 2 aliphatic rings. The summed E-state index contributed by atoms with van der Waals surface area (Å²) in [6, 6.07) is 57.1. The van der Waals surface area contributed by atoms with Crippen LogP contribution >= 0.6 is 46.4 Å². The van der Waals surface area contributed by atoms with Gasteiger partial charge >= 0.3 is 0 Å². The van der Waals surface area contributed by atoms with Crippen molar-refractivity contribution in [3.05, 3.63) is 237 Å². The molecule has 2 saturated heterocycles. The van der Waals surface area contributed by atoms with E-state index in [0.717, 1.165) is 98.5 Å². The summed E-state index contributed by atoms with van der Waals surface area (Å²) in [6.07, 6.45) is 15.0. The van der Waals surface area contributed by atoms with Crippen LogP contribution in [0.15, 0.2) is 195 Å². The fourth-order valence-corrected chi connectivity index (χ4v) is 12.2. The Balaban J connectivity index is 0.000000352. The van der Waals surface area contributed by atoms with Gasteiger partial charge in [0.15, 0.2) is 24.8 Å². The van der Waals surface area contributed by atoms with E-state index < -0.39 is 0 Å². The van der Waals surface area contributed by atoms with Crippen LogP contribution in [-0.2, 0) is 46.4 Å². The molecule has 0 bridgehead atoms. The first-order valence-electron chi connectivity index (χ1n) is 28.7. The number of ether oxygens (including phenoxy) is 2. The highest BCUT2D eigenvalue weighted by Gasteiger charge is 2.41. The molecule has 0 spiro atoms. The number of nitrogens with zero attached hydrogens (tertiary/aromatic N) is 4. The Hall–Kier alpha value is -6.22. The van der Waals surface area contributed by atoms with E-state index in [9.17, 15) is 9.59 Å². The predicted molar refractivity (Wildman–Crippen MR) is 344 cm³/mol. The summed E-state index contributed by atoms with van der Waals surface area (Å²) >= 11 is 25.6. The number of carbonyl (C=O) groups excluding carboxylic acids is 2. The first-order valence-corrected chi connectivity index (χ1v) is 30.2. The lowest BCUT2D eigenvalue weighted by Crippen LogP contribution is -3.00. The summed E-state index contributed by atoms with van der Waals surface area (Å²) in [4.78, 5) is 31.3. The van der Waals surface area contributed by atoms with Gasteiger partial charge in [-0.2, -0.15) is 0 Å². The molecule has 464 valence electrons. The van der Waals surface area contributed by atoms with Gasteiger partial charge in [-0.15, -0.1) is 0 Å². The van der Waals surface area contributed by atoms with Crippen LogP contribution in [0.5, 0.6) is 11.5 Å². The van der Waals surface area contributed by atoms with Gasteiger partial charge < -0.3 is 60.5 Å². The third-order valence-corrected chi connectivity index (χ3v) is 17.3. The molecule has 11 nitrogen and oxygen atoms in total. The molecule has 2 atom stereocenters. The van der Waals surface area contributed by atoms with E-state index in [1.807, 2.05) is 122 Å². The smallest absolute Gasteiger partial charge is 0.227 e. The average molecular weight is 1300 g/mol. The number of benzene rings is 6. The molecule has 4 heterocycles. The first-order chi connectivity index (χ1) is 39.6. The molecule has 17 heteroatoms. The maximum absolute atomic E-state index is 13.6. The number of amides is 2. The van der Waals surface area contributed by atoms with E-state index in [1.54, 1.807) is 0 Å². The van der Waals surface area contributed by atoms with E-state index in [-0.39, 0.29) is 76.1 Å². The number of aryl methyl sites for hydroxylation is 2. The van der Waals surface area contributed by atoms with Gasteiger partial charge in [-0.05, 0) is 146 Å². The molecule has 2 amide bonds. The number of likely N-dealkylation sites (tertiary alicyclic amines) is 2. The topological polar surface area (TPSA) is 161 Å². The Kier molecular flexibility index (Phi) is 29.1. The van der Waals surface area contributed by atoms with Gasteiger partial charge in [0, 0.05) is 74.1 Å². The highest BCUT2D eigenvalue weighted by molar-refractivity contribution is 6.42. The van der Waals surface area contributed by atoms with Crippen LogP contribution in [-0.4, -0.2) is 76.4 Å². The van der Waals surface area contributed by atoms with Gasteiger partial charge in [-0.1, -0.05) is 143 Å². The second kappa shape index (κ2) is 34.5. The number of halogens is 6. The van der Waals surface area contributed by atoms with Gasteiger partial charge in [0.05, 0.1) is 45.1 Å². The number of hydrogen-bond acceptors (Lipinski definition) is 4. The van der Waals surface area contributed by atoms with Crippen LogP contribution in [0.1, 0.15) is 88.5 Å². The minimum atomic E-state index is -0.226. The lowest BCUT2D eigenvalue weighted by atomic mass is 9.71. The largest absolute Gasteiger partial charge is 1.00 e. The second-order valence-electron chi connectivity index (χ2n) is 22.5. The Morgan fingerprint density at radius 3 is 1.16 bits per heavy atom. The van der Waals surface area contributed by atoms with Crippen molar-refractivity contribution < 1.29 is 69.4 Å². The Labute approximate surface area is 545 Å². The lowest BCUT2D eigenvalue weighted by Gasteiger charge is -2.43. The van der Waals surface area contributed by atoms with Gasteiger partial charge in [-0.3, -0.25) is 9.59 Å². The summed E-state index contributed by atoms with van der Waals surface area (Å²) in [5.74, 6) is 1.86. The molecule has 2 aromatic heterocycles. The molecule has 2 aliphatic heterocycles. The Morgan fingerprint density at radius 1 is 0.460 bits per heavy atom. The molecule has 10 rings (SSSR count). The van der Waals surface area contributed by atoms with Crippen molar-refractivity contribution >= 4 is 58.2 Å². The van der Waals surface area contributed by atoms with E-state index in [4.69, 9.17) is 55.9 Å². The minimum absolute atomic E-state index is 0. The highest BCUT2D eigenvalue weighted by Crippen LogP contribution is 2.42. The molecule has 0 radical (unpaired) electrons. The zero-order valence-electron chi connectivity index (χ0n) is 49.7. The molecular weight excluding hydrogens is 1220 g/mol. The molecule has 2 fully saturated rings. The third kappa shape index (κ3) is 19.9. The fraction of sp³-hybridized carbons (Fsp3) is 0.314. The summed E-state index contributed by atoms with van der Waals surface area (Å²) in [5, 5.41) is 2.19. The number of carbonyl (C=O) groups is 2. The van der Waals surface area contributed by atoms with E-state index in [2.05, 4.69) is 119 Å². The van der Waals surface area contributed by atoms with Crippen molar-refractivity contribution in [3.8, 4) is 33.8 Å². The van der Waals surface area contributed by atoms with Crippen LogP contribution in [0.2, 0.25) is 20.1 Å². The van der Waals surface area contributed by atoms with Crippen LogP contribution < -0.4 is 43.4 Å². The number of hydrogen-bond donors (Lipinski definition) is 0. The Morgan fingerprint density at radius 2 is 0.816 bits per heavy atom. The normalized spacial score (nSPS) is 16.1. The van der Waals surface area contributed by atoms with Crippen molar-refractivity contribution in [1.29, 1.82) is 0 Å². The zero-order chi connectivity index (χ0) is 57.6. The van der Waals surface area contributed by atoms with Crippen LogP contribution in [0.3, 0.4) is 0 Å². The molecular formula is C70H80Cl6N4O7. The predicted octanol–water partition coefficient (Wildman–Crippen LogP) is 7.39. The van der Waals surface area contributed by atoms with Crippen molar-refractivity contribution in [3.63, 3.8) is 0 Å². The minimum Gasteiger partial charge on any atom is -1.00 e. The van der Waals surface area contributed by atoms with Crippen molar-refractivity contribution in [2.75, 3.05) is 26.2 Å². The molecule has 0 saturated carbocycles. The van der Waals surface area contributed by atoms with Crippen molar-refractivity contribution in [2.45, 2.75) is 115 Å². The molecule has 8 aromatic rings. The average Bonchev–Trinajstić information content (AvgIpc) is 1.26. The number of piperidine rings is 2. The van der Waals surface area contributed by atoms with E-state index in [1.165, 1.54) is 22.3 Å². The number of aromatic nitrogens is 2. The SMILES string of the molecule is CC(C)Oc1cccc(CC(=O)N2CCCC(CC[n+]3ccc(-c4ccccc4)cc3)(c3ccc(Cl)c(Cl)c3)C2)c1.CC(C)Oc1cccc(CC(=O)N2CCCC(CC[n+]3ccc(-c4ccccc4)cc3)(c3ccc(Cl)c(Cl)c3)C2)c1.O.O.O.[Cl-].[Cl-]. The van der Waals surface area contributed by atoms with Gasteiger partial charge in [0.25, 0.3) is 0 Å². The highest BCUT2D eigenvalue weighted by atomic mass is 35.5. The fourth-order valence-electron chi connectivity index (χ4n) is 11.6. The Bertz CT molecular complexity index is 3190. The summed E-state index contributed by atoms with van der Waals surface area (Å²) in [5.41, 5.74) is 8.55. The second-order valence-corrected chi connectivity index (χ2v) is 24.1. The summed E-state index contributed by atoms with van der Waals surface area (Å²) in [6.45, 7) is 12.5. The molecule has 87 heavy (non-hydrogen) atoms. The monoisotopic (exact) mass is 1300 g/mol. The maximum Gasteiger partial charge on any atom is 0.227 e. The molecule has 2 unspecified atom stereocenters. The van der Waals surface area contributed by atoms with E-state index >= 15 is 0 Å². The quantitative estimate of drug-likeness (QED) is 0.0820. The summed E-state index contributed by atoms with van der Waals surface area (Å²) < 4.78 is 16.2. The number of rotatable bonds is 18. The van der Waals surface area contributed by atoms with Crippen molar-refractivity contribution in [1.82, 2.24) is 9.80 Å². The molecule has 6 N–H and O–H groups in total. The van der Waals surface area contributed by atoms with Crippen molar-refractivity contribution in [2.24, 2.45) is 0 Å². The first kappa shape index (κ1) is 73.3. The zero-order valence-corrected chi connectivity index (χ0v) is 54.3. The molecule has 6 aromatic carbocycles. The van der Waals surface area contributed by atoms with Crippen LogP contribution in [0.4, 0.5) is 0 Å². The third-order valence-electron chi connectivity index (χ3n) is 15.9. The lowest BCUT2D eigenvalue weighted by molar-refractivity contribution is -0.698.